The van der Waals surface area contributed by atoms with Gasteiger partial charge >= 0.3 is 0 Å². The normalized spacial score (nSPS) is 12.5. The Balaban J connectivity index is 2.41. The Bertz CT molecular complexity index is 1030. The maximum Gasteiger partial charge on any atom is 0.251 e. The van der Waals surface area contributed by atoms with E-state index >= 15 is 0 Å². The van der Waals surface area contributed by atoms with Gasteiger partial charge in [0.15, 0.2) is 4.91 Å². The van der Waals surface area contributed by atoms with Crippen LogP contribution in [0.2, 0.25) is 0 Å². The minimum atomic E-state index is -3.89. The van der Waals surface area contributed by atoms with Crippen molar-refractivity contribution < 1.29 is 13.2 Å². The van der Waals surface area contributed by atoms with E-state index in [1.807, 2.05) is 24.3 Å². The lowest BCUT2D eigenvalue weighted by atomic mass is 10.0. The molecule has 7 heteroatoms. The van der Waals surface area contributed by atoms with Crippen molar-refractivity contribution in [3.8, 4) is 6.07 Å². The van der Waals surface area contributed by atoms with E-state index in [0.717, 1.165) is 36.7 Å². The van der Waals surface area contributed by atoms with E-state index in [4.69, 9.17) is 4.74 Å². The number of nitriles is 1. The molecule has 0 aliphatic carbocycles. The Hall–Kier alpha value is -2.40. The number of sulfonamides is 1. The van der Waals surface area contributed by atoms with Crippen LogP contribution in [0, 0.1) is 11.3 Å². The predicted molar refractivity (Wildman–Crippen MR) is 124 cm³/mol. The maximum atomic E-state index is 12.5. The van der Waals surface area contributed by atoms with Gasteiger partial charge in [-0.3, -0.25) is 0 Å². The van der Waals surface area contributed by atoms with Gasteiger partial charge in [-0.2, -0.15) is 5.26 Å². The zero-order valence-electron chi connectivity index (χ0n) is 18.2. The minimum absolute atomic E-state index is 0.115. The van der Waals surface area contributed by atoms with E-state index in [1.54, 1.807) is 6.92 Å². The Morgan fingerprint density at radius 3 is 2.33 bits per heavy atom. The van der Waals surface area contributed by atoms with Crippen molar-refractivity contribution >= 4 is 32.1 Å². The Kier molecular flexibility index (Phi) is 8.85. The number of methoxy groups -OCH3 is 1. The lowest BCUT2D eigenvalue weighted by molar-refractivity contribution is 0.204. The van der Waals surface area contributed by atoms with Gasteiger partial charge < -0.3 is 9.64 Å². The molecule has 0 fully saturated rings. The molecule has 0 spiro atoms. The summed E-state index contributed by atoms with van der Waals surface area (Å²) in [6.07, 6.45) is 2.18. The number of hydrogen-bond acceptors (Lipinski definition) is 5. The molecule has 30 heavy (non-hydrogen) atoms. The lowest BCUT2D eigenvalue weighted by Crippen LogP contribution is -2.28. The first-order valence-electron chi connectivity index (χ1n) is 10.3. The Morgan fingerprint density at radius 2 is 1.73 bits per heavy atom. The highest BCUT2D eigenvalue weighted by Gasteiger charge is 2.20. The van der Waals surface area contributed by atoms with E-state index in [-0.39, 0.29) is 18.1 Å². The second kappa shape index (κ2) is 11.1. The number of allylic oxidation sites excluding steroid dienone is 2. The number of fused-ring (bicyclic) bond motifs is 1. The van der Waals surface area contributed by atoms with Gasteiger partial charge in [0.25, 0.3) is 10.0 Å². The highest BCUT2D eigenvalue weighted by Crippen LogP contribution is 2.28. The van der Waals surface area contributed by atoms with Crippen molar-refractivity contribution in [1.82, 2.24) is 4.72 Å². The molecular formula is C23H31N3O3S. The van der Waals surface area contributed by atoms with Crippen molar-refractivity contribution in [2.45, 2.75) is 33.6 Å². The number of nitrogens with one attached hydrogen (secondary N) is 1. The van der Waals surface area contributed by atoms with Crippen LogP contribution in [0.4, 0.5) is 5.69 Å². The fourth-order valence-corrected chi connectivity index (χ4v) is 4.54. The minimum Gasteiger partial charge on any atom is -0.383 e. The molecule has 0 atom stereocenters. The van der Waals surface area contributed by atoms with Crippen molar-refractivity contribution in [2.75, 3.05) is 38.3 Å². The van der Waals surface area contributed by atoms with Gasteiger partial charge in [0.1, 0.15) is 6.07 Å². The summed E-state index contributed by atoms with van der Waals surface area (Å²) in [5.41, 5.74) is 2.32. The quantitative estimate of drug-likeness (QED) is 0.426. The molecule has 1 N–H and O–H groups in total. The number of benzene rings is 2. The molecule has 0 aliphatic rings. The first kappa shape index (κ1) is 23.9. The van der Waals surface area contributed by atoms with Gasteiger partial charge in [0.05, 0.1) is 6.61 Å². The molecule has 2 rings (SSSR count). The summed E-state index contributed by atoms with van der Waals surface area (Å²) >= 11 is 0. The Morgan fingerprint density at radius 1 is 1.10 bits per heavy atom. The van der Waals surface area contributed by atoms with Crippen LogP contribution in [0.1, 0.15) is 39.2 Å². The molecule has 6 nitrogen and oxygen atoms in total. The molecule has 2 aromatic carbocycles. The van der Waals surface area contributed by atoms with E-state index in [1.165, 1.54) is 12.8 Å². The molecule has 0 unspecified atom stereocenters. The van der Waals surface area contributed by atoms with Crippen LogP contribution in [-0.4, -0.2) is 41.8 Å². The average molecular weight is 430 g/mol. The van der Waals surface area contributed by atoms with Gasteiger partial charge in [-0.1, -0.05) is 32.0 Å². The first-order valence-corrected chi connectivity index (χ1v) is 11.7. The molecule has 0 bridgehead atoms. The van der Waals surface area contributed by atoms with E-state index in [2.05, 4.69) is 41.7 Å². The van der Waals surface area contributed by atoms with Crippen LogP contribution in [0.15, 0.2) is 41.3 Å². The summed E-state index contributed by atoms with van der Waals surface area (Å²) in [7, 11) is -2.40. The van der Waals surface area contributed by atoms with Gasteiger partial charge in [-0.05, 0) is 59.9 Å². The van der Waals surface area contributed by atoms with Crippen molar-refractivity contribution in [2.24, 2.45) is 0 Å². The second-order valence-corrected chi connectivity index (χ2v) is 8.89. The summed E-state index contributed by atoms with van der Waals surface area (Å²) in [5.74, 6) is 0. The molecule has 2 aromatic rings. The van der Waals surface area contributed by atoms with E-state index in [9.17, 15) is 13.7 Å². The molecule has 0 aliphatic heterocycles. The SMILES string of the molecule is CCCN(CCC)c1ccc2cc(/C(C)=C(\C#N)S(=O)(=O)NCCOC)ccc2c1. The fraction of sp³-hybridized carbons (Fsp3) is 0.435. The van der Waals surface area contributed by atoms with Crippen molar-refractivity contribution in [1.29, 1.82) is 5.26 Å². The number of hydrogen-bond donors (Lipinski definition) is 1. The largest absolute Gasteiger partial charge is 0.383 e. The van der Waals surface area contributed by atoms with Crippen molar-refractivity contribution in [3.05, 3.63) is 46.9 Å². The number of anilines is 1. The van der Waals surface area contributed by atoms with Gasteiger partial charge in [0.2, 0.25) is 0 Å². The zero-order chi connectivity index (χ0) is 22.1. The zero-order valence-corrected chi connectivity index (χ0v) is 19.1. The fourth-order valence-electron chi connectivity index (χ4n) is 3.40. The van der Waals surface area contributed by atoms with Crippen LogP contribution < -0.4 is 9.62 Å². The van der Waals surface area contributed by atoms with Crippen molar-refractivity contribution in [3.63, 3.8) is 0 Å². The van der Waals surface area contributed by atoms with Gasteiger partial charge in [-0.25, -0.2) is 13.1 Å². The smallest absolute Gasteiger partial charge is 0.251 e. The summed E-state index contributed by atoms with van der Waals surface area (Å²) in [6, 6.07) is 13.9. The molecule has 0 radical (unpaired) electrons. The van der Waals surface area contributed by atoms with Crippen LogP contribution in [0.25, 0.3) is 16.3 Å². The summed E-state index contributed by atoms with van der Waals surface area (Å²) in [5, 5.41) is 11.6. The standard InChI is InChI=1S/C23H31N3O3S/c1-5-12-26(13-6-2)22-10-9-20-15-19(7-8-21(20)16-22)18(3)23(17-24)30(27,28)25-11-14-29-4/h7-10,15-16,25H,5-6,11-14H2,1-4H3/b23-18+. The van der Waals surface area contributed by atoms with Gasteiger partial charge in [0, 0.05) is 32.4 Å². The molecule has 0 aromatic heterocycles. The summed E-state index contributed by atoms with van der Waals surface area (Å²) in [6.45, 7) is 8.39. The molecule has 0 amide bonds. The third-order valence-electron chi connectivity index (χ3n) is 4.92. The monoisotopic (exact) mass is 429 g/mol. The number of rotatable bonds is 11. The van der Waals surface area contributed by atoms with E-state index < -0.39 is 10.0 Å². The third-order valence-corrected chi connectivity index (χ3v) is 6.44. The maximum absolute atomic E-state index is 12.5. The number of nitrogens with zero attached hydrogens (tertiary/aromatic N) is 2. The van der Waals surface area contributed by atoms with Crippen LogP contribution in [0.3, 0.4) is 0 Å². The van der Waals surface area contributed by atoms with Crippen LogP contribution in [-0.2, 0) is 14.8 Å². The molecule has 0 heterocycles. The average Bonchev–Trinajstić information content (AvgIpc) is 2.73. The molecule has 162 valence electrons. The first-order chi connectivity index (χ1) is 14.4. The number of ether oxygens (including phenoxy) is 1. The Labute approximate surface area is 180 Å². The highest BCUT2D eigenvalue weighted by atomic mass is 32.2. The van der Waals surface area contributed by atoms with Gasteiger partial charge in [-0.15, -0.1) is 0 Å². The molecular weight excluding hydrogens is 398 g/mol. The second-order valence-electron chi connectivity index (χ2n) is 7.19. The van der Waals surface area contributed by atoms with Crippen LogP contribution in [0.5, 0.6) is 0 Å². The lowest BCUT2D eigenvalue weighted by Gasteiger charge is -2.24. The predicted octanol–water partition coefficient (Wildman–Crippen LogP) is 4.29. The molecule has 0 saturated carbocycles. The topological polar surface area (TPSA) is 82.4 Å². The highest BCUT2D eigenvalue weighted by molar-refractivity contribution is 7.93. The van der Waals surface area contributed by atoms with Crippen LogP contribution >= 0.6 is 0 Å². The summed E-state index contributed by atoms with van der Waals surface area (Å²) in [4.78, 5) is 2.11. The summed E-state index contributed by atoms with van der Waals surface area (Å²) < 4.78 is 32.3. The third kappa shape index (κ3) is 5.82. The molecule has 0 saturated heterocycles. The van der Waals surface area contributed by atoms with E-state index in [0.29, 0.717) is 11.1 Å².